The number of pyridine rings is 1. The molecule has 7 rings (SSSR count). The van der Waals surface area contributed by atoms with Gasteiger partial charge < -0.3 is 16.0 Å². The monoisotopic (exact) mass is 526 g/mol. The second-order valence-corrected chi connectivity index (χ2v) is 12.8. The van der Waals surface area contributed by atoms with Gasteiger partial charge in [-0.25, -0.2) is 4.98 Å². The third-order valence-electron chi connectivity index (χ3n) is 10.6. The van der Waals surface area contributed by atoms with Crippen LogP contribution in [0.15, 0.2) is 36.5 Å². The Balaban J connectivity index is 1.03. The van der Waals surface area contributed by atoms with Gasteiger partial charge in [0.1, 0.15) is 11.4 Å². The van der Waals surface area contributed by atoms with E-state index in [4.69, 9.17) is 0 Å². The van der Waals surface area contributed by atoms with Gasteiger partial charge in [0.05, 0.1) is 11.0 Å². The predicted molar refractivity (Wildman–Crippen MR) is 149 cm³/mol. The normalized spacial score (nSPS) is 30.7. The Kier molecular flexibility index (Phi) is 5.92. The van der Waals surface area contributed by atoms with Crippen molar-refractivity contribution in [3.05, 3.63) is 58.8 Å². The van der Waals surface area contributed by atoms with E-state index in [1.165, 1.54) is 25.7 Å². The number of anilines is 1. The van der Waals surface area contributed by atoms with Crippen molar-refractivity contribution in [2.24, 2.45) is 5.92 Å². The van der Waals surface area contributed by atoms with Crippen molar-refractivity contribution in [1.82, 2.24) is 15.6 Å². The Morgan fingerprint density at radius 1 is 0.949 bits per heavy atom. The van der Waals surface area contributed by atoms with Crippen LogP contribution in [0.4, 0.5) is 5.82 Å². The van der Waals surface area contributed by atoms with Gasteiger partial charge in [-0.05, 0) is 74.1 Å². The summed E-state index contributed by atoms with van der Waals surface area (Å²) < 4.78 is 0. The molecule has 2 saturated carbocycles. The highest BCUT2D eigenvalue weighted by Gasteiger charge is 2.54. The van der Waals surface area contributed by atoms with Gasteiger partial charge in [0.2, 0.25) is 11.8 Å². The average molecular weight is 527 g/mol. The molecule has 3 N–H and O–H groups in total. The number of piperazine rings is 1. The number of aromatic nitrogens is 1. The maximum Gasteiger partial charge on any atom is 0.241 e. The molecule has 7 nitrogen and oxygen atoms in total. The Bertz CT molecular complexity index is 1350. The lowest BCUT2D eigenvalue weighted by Crippen LogP contribution is -2.73. The molecule has 2 aromatic rings. The Labute approximate surface area is 229 Å². The molecule has 3 aliphatic carbocycles. The van der Waals surface area contributed by atoms with Gasteiger partial charge in [-0.15, -0.1) is 0 Å². The van der Waals surface area contributed by atoms with Crippen molar-refractivity contribution in [3.8, 4) is 0 Å². The minimum Gasteiger partial charge on any atom is -0.348 e. The summed E-state index contributed by atoms with van der Waals surface area (Å²) >= 11 is 0. The number of carbonyl (C=O) groups is 3. The molecule has 0 bridgehead atoms. The second kappa shape index (κ2) is 9.26. The van der Waals surface area contributed by atoms with E-state index in [1.54, 1.807) is 6.20 Å². The number of Topliss-reactive ketones (excluding diaryl/α,β-unsaturated/α-hetero) is 1. The average Bonchev–Trinajstić information content (AvgIpc) is 3.55. The summed E-state index contributed by atoms with van der Waals surface area (Å²) in [5.41, 5.74) is 2.63. The first-order valence-corrected chi connectivity index (χ1v) is 14.9. The van der Waals surface area contributed by atoms with Crippen LogP contribution in [0.25, 0.3) is 0 Å². The quantitative estimate of drug-likeness (QED) is 0.514. The van der Waals surface area contributed by atoms with Crippen LogP contribution in [-0.2, 0) is 27.8 Å². The van der Waals surface area contributed by atoms with Gasteiger partial charge in [0.25, 0.3) is 0 Å². The van der Waals surface area contributed by atoms with Crippen LogP contribution in [0.1, 0.15) is 97.7 Å². The summed E-state index contributed by atoms with van der Waals surface area (Å²) in [6.45, 7) is 0.849. The standard InChI is InChI=1S/C32H38N4O3/c37-26(12-11-24-7-5-15-32(24)29(39)36-30(20-34-32)13-3-1-2-4-14-30)21-9-10-22-18-31(19-23(22)17-21)25-8-6-16-33-27(25)35-28(31)38/h6,8-10,16-17,24,34H,1-5,7,11-15,18-20H2,(H,36,39)(H,33,35,38)/t24?,31-,32?/m1/s1. The molecule has 3 spiro atoms. The van der Waals surface area contributed by atoms with E-state index in [0.29, 0.717) is 37.1 Å². The van der Waals surface area contributed by atoms with Gasteiger partial charge in [0, 0.05) is 30.3 Å². The molecule has 0 radical (unpaired) electrons. The number of nitrogens with zero attached hydrogens (tertiary/aromatic N) is 1. The lowest BCUT2D eigenvalue weighted by atomic mass is 9.76. The first-order chi connectivity index (χ1) is 18.9. The topological polar surface area (TPSA) is 100 Å². The summed E-state index contributed by atoms with van der Waals surface area (Å²) in [6.07, 6.45) is 13.9. The van der Waals surface area contributed by atoms with E-state index in [-0.39, 0.29) is 29.1 Å². The predicted octanol–water partition coefficient (Wildman–Crippen LogP) is 4.38. The fourth-order valence-corrected chi connectivity index (χ4v) is 8.40. The van der Waals surface area contributed by atoms with Crippen molar-refractivity contribution in [1.29, 1.82) is 0 Å². The molecule has 39 heavy (non-hydrogen) atoms. The summed E-state index contributed by atoms with van der Waals surface area (Å²) in [5.74, 6) is 1.11. The number of rotatable bonds is 4. The summed E-state index contributed by atoms with van der Waals surface area (Å²) in [4.78, 5) is 44.4. The van der Waals surface area contributed by atoms with E-state index in [9.17, 15) is 14.4 Å². The lowest BCUT2D eigenvalue weighted by Gasteiger charge is -2.48. The highest BCUT2D eigenvalue weighted by molar-refractivity contribution is 6.06. The molecule has 7 heteroatoms. The number of amides is 2. The van der Waals surface area contributed by atoms with Gasteiger partial charge in [-0.1, -0.05) is 50.3 Å². The van der Waals surface area contributed by atoms with Crippen molar-refractivity contribution in [2.75, 3.05) is 11.9 Å². The zero-order valence-corrected chi connectivity index (χ0v) is 22.6. The molecule has 204 valence electrons. The van der Waals surface area contributed by atoms with Crippen LogP contribution in [-0.4, -0.2) is 40.2 Å². The molecule has 1 aromatic heterocycles. The Hall–Kier alpha value is -3.06. The molecule has 1 aromatic carbocycles. The van der Waals surface area contributed by atoms with Crippen molar-refractivity contribution >= 4 is 23.4 Å². The van der Waals surface area contributed by atoms with Gasteiger partial charge in [-0.2, -0.15) is 0 Å². The number of hydrogen-bond acceptors (Lipinski definition) is 5. The van der Waals surface area contributed by atoms with E-state index in [0.717, 1.165) is 55.3 Å². The largest absolute Gasteiger partial charge is 0.348 e. The second-order valence-electron chi connectivity index (χ2n) is 12.8. The minimum atomic E-state index is -0.626. The van der Waals surface area contributed by atoms with Gasteiger partial charge in [-0.3, -0.25) is 14.4 Å². The lowest BCUT2D eigenvalue weighted by molar-refractivity contribution is -0.135. The number of nitrogens with one attached hydrogen (secondary N) is 3. The zero-order chi connectivity index (χ0) is 26.7. The number of carbonyl (C=O) groups excluding carboxylic acids is 3. The summed E-state index contributed by atoms with van der Waals surface area (Å²) in [5, 5.41) is 10.2. The first kappa shape index (κ1) is 24.9. The molecule has 3 fully saturated rings. The SMILES string of the molecule is O=C(CCC1CCCC12NCC1(CCCCCC1)NC2=O)c1ccc2c(c1)C[C@@]1(C2)C(=O)Nc2ncccc21. The van der Waals surface area contributed by atoms with E-state index in [2.05, 4.69) is 20.9 Å². The van der Waals surface area contributed by atoms with E-state index >= 15 is 0 Å². The first-order valence-electron chi connectivity index (χ1n) is 14.9. The van der Waals surface area contributed by atoms with Crippen LogP contribution in [0.2, 0.25) is 0 Å². The van der Waals surface area contributed by atoms with Gasteiger partial charge in [0.15, 0.2) is 5.78 Å². The van der Waals surface area contributed by atoms with Crippen molar-refractivity contribution in [2.45, 2.75) is 100.0 Å². The molecule has 1 saturated heterocycles. The Morgan fingerprint density at radius 3 is 2.59 bits per heavy atom. The zero-order valence-electron chi connectivity index (χ0n) is 22.6. The maximum atomic E-state index is 13.6. The smallest absolute Gasteiger partial charge is 0.241 e. The van der Waals surface area contributed by atoms with E-state index < -0.39 is 11.0 Å². The highest BCUT2D eigenvalue weighted by atomic mass is 16.2. The molecule has 3 atom stereocenters. The molecular formula is C32H38N4O3. The van der Waals surface area contributed by atoms with Crippen molar-refractivity contribution in [3.63, 3.8) is 0 Å². The van der Waals surface area contributed by atoms with Crippen LogP contribution in [0.5, 0.6) is 0 Å². The Morgan fingerprint density at radius 2 is 1.77 bits per heavy atom. The fraction of sp³-hybridized carbons (Fsp3) is 0.562. The number of hydrogen-bond donors (Lipinski definition) is 3. The fourth-order valence-electron chi connectivity index (χ4n) is 8.40. The molecular weight excluding hydrogens is 488 g/mol. The number of benzene rings is 1. The van der Waals surface area contributed by atoms with Crippen molar-refractivity contribution < 1.29 is 14.4 Å². The number of fused-ring (bicyclic) bond motifs is 3. The van der Waals surface area contributed by atoms with E-state index in [1.807, 2.05) is 30.3 Å². The molecule has 3 heterocycles. The minimum absolute atomic E-state index is 0.00399. The van der Waals surface area contributed by atoms with Crippen LogP contribution in [0, 0.1) is 5.92 Å². The number of ketones is 1. The molecule has 2 amide bonds. The maximum absolute atomic E-state index is 13.6. The van der Waals surface area contributed by atoms with Crippen LogP contribution < -0.4 is 16.0 Å². The molecule has 2 aliphatic heterocycles. The highest BCUT2D eigenvalue weighted by Crippen LogP contribution is 2.47. The third kappa shape index (κ3) is 3.95. The third-order valence-corrected chi connectivity index (χ3v) is 10.6. The summed E-state index contributed by atoms with van der Waals surface area (Å²) in [7, 11) is 0. The van der Waals surface area contributed by atoms with Crippen LogP contribution >= 0.6 is 0 Å². The summed E-state index contributed by atoms with van der Waals surface area (Å²) in [6, 6.07) is 9.82. The molecule has 2 unspecified atom stereocenters. The van der Waals surface area contributed by atoms with Gasteiger partial charge >= 0.3 is 0 Å². The molecule has 5 aliphatic rings. The van der Waals surface area contributed by atoms with Crippen LogP contribution in [0.3, 0.4) is 0 Å².